The van der Waals surface area contributed by atoms with Gasteiger partial charge in [-0.1, -0.05) is 6.92 Å². The van der Waals surface area contributed by atoms with E-state index in [1.54, 1.807) is 0 Å². The fourth-order valence-electron chi connectivity index (χ4n) is 2.50. The second-order valence-corrected chi connectivity index (χ2v) is 5.54. The lowest BCUT2D eigenvalue weighted by Crippen LogP contribution is -2.39. The van der Waals surface area contributed by atoms with Gasteiger partial charge in [-0.2, -0.15) is 0 Å². The Morgan fingerprint density at radius 1 is 1.29 bits per heavy atom. The fraction of sp³-hybridized carbons (Fsp3) is 0.667. The topological polar surface area (TPSA) is 84.1 Å². The van der Waals surface area contributed by atoms with E-state index >= 15 is 0 Å². The van der Waals surface area contributed by atoms with Gasteiger partial charge >= 0.3 is 0 Å². The second-order valence-electron chi connectivity index (χ2n) is 5.54. The van der Waals surface area contributed by atoms with Crippen molar-refractivity contribution in [2.75, 3.05) is 30.7 Å². The predicted octanol–water partition coefficient (Wildman–Crippen LogP) is 1.74. The van der Waals surface area contributed by atoms with Gasteiger partial charge in [-0.3, -0.25) is 4.79 Å². The van der Waals surface area contributed by atoms with Crippen LogP contribution in [-0.2, 0) is 11.2 Å². The highest BCUT2D eigenvalue weighted by Gasteiger charge is 2.17. The summed E-state index contributed by atoms with van der Waals surface area (Å²) < 4.78 is 0. The van der Waals surface area contributed by atoms with Crippen LogP contribution < -0.4 is 11.1 Å². The highest BCUT2D eigenvalue weighted by Crippen LogP contribution is 2.18. The van der Waals surface area contributed by atoms with Gasteiger partial charge in [0.1, 0.15) is 17.5 Å². The first-order valence-electron chi connectivity index (χ1n) is 7.76. The standard InChI is InChI=1S/C15H25N5O/c1-3-7-12-18-14(16)11(2)15(19-12)17-10-13(21)20-8-5-4-6-9-20/h3-10H2,1-2H3,(H3,16,17,18,19). The number of nitrogens with zero attached hydrogens (tertiary/aromatic N) is 3. The maximum atomic E-state index is 12.2. The van der Waals surface area contributed by atoms with Crippen LogP contribution >= 0.6 is 0 Å². The van der Waals surface area contributed by atoms with Gasteiger partial charge in [0.05, 0.1) is 6.54 Å². The van der Waals surface area contributed by atoms with Crippen LogP contribution in [0.15, 0.2) is 0 Å². The fourth-order valence-corrected chi connectivity index (χ4v) is 2.50. The van der Waals surface area contributed by atoms with E-state index in [2.05, 4.69) is 22.2 Å². The molecule has 0 spiro atoms. The normalized spacial score (nSPS) is 15.0. The van der Waals surface area contributed by atoms with Crippen molar-refractivity contribution in [3.63, 3.8) is 0 Å². The maximum Gasteiger partial charge on any atom is 0.241 e. The molecule has 0 unspecified atom stereocenters. The Bertz CT molecular complexity index is 497. The van der Waals surface area contributed by atoms with Crippen LogP contribution in [0.3, 0.4) is 0 Å². The van der Waals surface area contributed by atoms with E-state index in [-0.39, 0.29) is 12.5 Å². The molecule has 1 saturated heterocycles. The Kier molecular flexibility index (Phi) is 5.36. The summed E-state index contributed by atoms with van der Waals surface area (Å²) in [5.41, 5.74) is 6.72. The number of carbonyl (C=O) groups is 1. The minimum atomic E-state index is 0.128. The number of hydrogen-bond acceptors (Lipinski definition) is 5. The van der Waals surface area contributed by atoms with E-state index in [0.717, 1.165) is 50.2 Å². The molecule has 0 aliphatic carbocycles. The van der Waals surface area contributed by atoms with E-state index in [1.165, 1.54) is 6.42 Å². The van der Waals surface area contributed by atoms with Crippen molar-refractivity contribution < 1.29 is 4.79 Å². The van der Waals surface area contributed by atoms with Gasteiger partial charge in [0, 0.05) is 25.1 Å². The zero-order chi connectivity index (χ0) is 15.2. The lowest BCUT2D eigenvalue weighted by Gasteiger charge is -2.27. The van der Waals surface area contributed by atoms with E-state index in [9.17, 15) is 4.79 Å². The van der Waals surface area contributed by atoms with Crippen molar-refractivity contribution in [1.82, 2.24) is 14.9 Å². The predicted molar refractivity (Wildman–Crippen MR) is 84.1 cm³/mol. The number of aryl methyl sites for hydroxylation is 1. The summed E-state index contributed by atoms with van der Waals surface area (Å²) in [4.78, 5) is 22.8. The number of amides is 1. The monoisotopic (exact) mass is 291 g/mol. The molecule has 1 aromatic heterocycles. The highest BCUT2D eigenvalue weighted by molar-refractivity contribution is 5.81. The number of nitrogens with one attached hydrogen (secondary N) is 1. The van der Waals surface area contributed by atoms with Gasteiger partial charge in [0.2, 0.25) is 5.91 Å². The Morgan fingerprint density at radius 3 is 2.67 bits per heavy atom. The molecule has 6 heteroatoms. The molecule has 0 atom stereocenters. The van der Waals surface area contributed by atoms with E-state index < -0.39 is 0 Å². The minimum Gasteiger partial charge on any atom is -0.383 e. The van der Waals surface area contributed by atoms with Crippen LogP contribution in [-0.4, -0.2) is 40.4 Å². The maximum absolute atomic E-state index is 12.2. The van der Waals surface area contributed by atoms with Gasteiger partial charge in [0.25, 0.3) is 0 Å². The van der Waals surface area contributed by atoms with Crippen molar-refractivity contribution in [3.05, 3.63) is 11.4 Å². The van der Waals surface area contributed by atoms with Crippen LogP contribution in [0, 0.1) is 6.92 Å². The number of anilines is 2. The van der Waals surface area contributed by atoms with Gasteiger partial charge in [-0.05, 0) is 32.6 Å². The zero-order valence-electron chi connectivity index (χ0n) is 13.0. The average Bonchev–Trinajstić information content (AvgIpc) is 2.50. The summed E-state index contributed by atoms with van der Waals surface area (Å²) in [6.07, 6.45) is 5.19. The van der Waals surface area contributed by atoms with Gasteiger partial charge < -0.3 is 16.0 Å². The van der Waals surface area contributed by atoms with Gasteiger partial charge in [0.15, 0.2) is 0 Å². The van der Waals surface area contributed by atoms with Crippen molar-refractivity contribution >= 4 is 17.5 Å². The van der Waals surface area contributed by atoms with Crippen molar-refractivity contribution in [2.45, 2.75) is 46.0 Å². The molecule has 6 nitrogen and oxygen atoms in total. The molecule has 0 aromatic carbocycles. The van der Waals surface area contributed by atoms with Gasteiger partial charge in [-0.25, -0.2) is 9.97 Å². The number of nitrogens with two attached hydrogens (primary N) is 1. The molecule has 3 N–H and O–H groups in total. The first-order valence-corrected chi connectivity index (χ1v) is 7.76. The molecule has 0 radical (unpaired) electrons. The number of likely N-dealkylation sites (tertiary alicyclic amines) is 1. The van der Waals surface area contributed by atoms with E-state index in [0.29, 0.717) is 11.6 Å². The Labute approximate surface area is 126 Å². The molecule has 1 aromatic rings. The molecule has 0 saturated carbocycles. The zero-order valence-corrected chi connectivity index (χ0v) is 13.0. The quantitative estimate of drug-likeness (QED) is 0.863. The van der Waals surface area contributed by atoms with Crippen LogP contribution in [0.25, 0.3) is 0 Å². The van der Waals surface area contributed by atoms with Gasteiger partial charge in [-0.15, -0.1) is 0 Å². The molecule has 21 heavy (non-hydrogen) atoms. The van der Waals surface area contributed by atoms with Crippen LogP contribution in [0.5, 0.6) is 0 Å². The van der Waals surface area contributed by atoms with Crippen LogP contribution in [0.1, 0.15) is 44.0 Å². The molecule has 2 heterocycles. The molecular formula is C15H25N5O. The minimum absolute atomic E-state index is 0.128. The molecule has 116 valence electrons. The number of piperidine rings is 1. The number of aromatic nitrogens is 2. The summed E-state index contributed by atoms with van der Waals surface area (Å²) in [6, 6.07) is 0. The Balaban J connectivity index is 1.99. The summed E-state index contributed by atoms with van der Waals surface area (Å²) in [7, 11) is 0. The SMILES string of the molecule is CCCc1nc(N)c(C)c(NCC(=O)N2CCCCC2)n1. The first kappa shape index (κ1) is 15.5. The Morgan fingerprint density at radius 2 is 2.00 bits per heavy atom. The van der Waals surface area contributed by atoms with Crippen molar-refractivity contribution in [3.8, 4) is 0 Å². The highest BCUT2D eigenvalue weighted by atomic mass is 16.2. The molecule has 1 fully saturated rings. The van der Waals surface area contributed by atoms with Crippen molar-refractivity contribution in [2.24, 2.45) is 0 Å². The smallest absolute Gasteiger partial charge is 0.241 e. The number of hydrogen-bond donors (Lipinski definition) is 2. The van der Waals surface area contributed by atoms with Crippen LogP contribution in [0.2, 0.25) is 0 Å². The molecule has 0 bridgehead atoms. The largest absolute Gasteiger partial charge is 0.383 e. The van der Waals surface area contributed by atoms with E-state index in [1.807, 2.05) is 11.8 Å². The molecular weight excluding hydrogens is 266 g/mol. The Hall–Kier alpha value is -1.85. The summed E-state index contributed by atoms with van der Waals surface area (Å²) in [5, 5.41) is 3.13. The molecule has 1 aliphatic rings. The number of carbonyl (C=O) groups excluding carboxylic acids is 1. The third-order valence-electron chi connectivity index (χ3n) is 3.82. The molecule has 1 amide bonds. The molecule has 2 rings (SSSR count). The number of nitrogen functional groups attached to an aromatic ring is 1. The summed E-state index contributed by atoms with van der Waals surface area (Å²) >= 11 is 0. The summed E-state index contributed by atoms with van der Waals surface area (Å²) in [6.45, 7) is 5.95. The van der Waals surface area contributed by atoms with Crippen LogP contribution in [0.4, 0.5) is 11.6 Å². The lowest BCUT2D eigenvalue weighted by molar-refractivity contribution is -0.130. The average molecular weight is 291 g/mol. The first-order chi connectivity index (χ1) is 10.1. The van der Waals surface area contributed by atoms with Crippen molar-refractivity contribution in [1.29, 1.82) is 0 Å². The number of rotatable bonds is 5. The third-order valence-corrected chi connectivity index (χ3v) is 3.82. The second kappa shape index (κ2) is 7.24. The summed E-state index contributed by atoms with van der Waals surface area (Å²) in [5.74, 6) is 2.02. The van der Waals surface area contributed by atoms with E-state index in [4.69, 9.17) is 5.73 Å². The third kappa shape index (κ3) is 4.06. The molecule has 1 aliphatic heterocycles. The lowest BCUT2D eigenvalue weighted by atomic mass is 10.1.